The van der Waals surface area contributed by atoms with E-state index in [4.69, 9.17) is 16.6 Å². The predicted molar refractivity (Wildman–Crippen MR) is 136 cm³/mol. The number of para-hydroxylation sites is 1. The lowest BCUT2D eigenvalue weighted by molar-refractivity contribution is -0.139. The van der Waals surface area contributed by atoms with E-state index in [9.17, 15) is 9.59 Å². The third-order valence-electron chi connectivity index (χ3n) is 7.43. The van der Waals surface area contributed by atoms with Crippen molar-refractivity contribution in [2.24, 2.45) is 0 Å². The van der Waals surface area contributed by atoms with E-state index in [2.05, 4.69) is 0 Å². The van der Waals surface area contributed by atoms with Gasteiger partial charge < -0.3 is 9.32 Å². The number of rotatable bonds is 3. The number of amides is 2. The van der Waals surface area contributed by atoms with Crippen LogP contribution in [0.4, 0.5) is 5.69 Å². The van der Waals surface area contributed by atoms with Crippen LogP contribution in [-0.2, 0) is 21.7 Å². The summed E-state index contributed by atoms with van der Waals surface area (Å²) in [7, 11) is 3.71. The van der Waals surface area contributed by atoms with Gasteiger partial charge in [-0.25, -0.2) is 0 Å². The number of carbonyl (C=O) groups excluding carboxylic acids is 2. The minimum absolute atomic E-state index is 0.115. The van der Waals surface area contributed by atoms with E-state index in [1.165, 1.54) is 11.8 Å². The van der Waals surface area contributed by atoms with Crippen LogP contribution in [0.25, 0.3) is 0 Å². The second-order valence-electron chi connectivity index (χ2n) is 9.02. The van der Waals surface area contributed by atoms with Crippen LogP contribution in [0, 0.1) is 0 Å². The average molecular weight is 490 g/mol. The Balaban J connectivity index is 1.59. The molecule has 2 aromatic carbocycles. The number of thioether (sulfide) groups is 1. The molecule has 6 rings (SSSR count). The van der Waals surface area contributed by atoms with Crippen molar-refractivity contribution in [2.75, 3.05) is 25.5 Å². The maximum atomic E-state index is 14.6. The van der Waals surface area contributed by atoms with Crippen molar-refractivity contribution in [1.82, 2.24) is 9.80 Å². The fourth-order valence-electron chi connectivity index (χ4n) is 5.99. The topological polar surface area (TPSA) is 57.0 Å². The summed E-state index contributed by atoms with van der Waals surface area (Å²) in [6.07, 6.45) is 1.62. The molecular formula is C26H23N3O3S2. The van der Waals surface area contributed by atoms with E-state index >= 15 is 0 Å². The van der Waals surface area contributed by atoms with Crippen molar-refractivity contribution in [2.45, 2.75) is 22.7 Å². The molecule has 0 unspecified atom stereocenters. The van der Waals surface area contributed by atoms with Gasteiger partial charge in [0.2, 0.25) is 5.91 Å². The molecule has 0 aliphatic carbocycles. The van der Waals surface area contributed by atoms with Gasteiger partial charge in [0.1, 0.15) is 14.8 Å². The molecule has 8 heteroatoms. The first kappa shape index (κ1) is 21.6. The Bertz CT molecular complexity index is 1310. The number of hydrogen-bond donors (Lipinski definition) is 0. The quantitative estimate of drug-likeness (QED) is 0.519. The second-order valence-corrected chi connectivity index (χ2v) is 10.9. The lowest BCUT2D eigenvalue weighted by atomic mass is 9.73. The summed E-state index contributed by atoms with van der Waals surface area (Å²) in [6.45, 7) is 0.853. The summed E-state index contributed by atoms with van der Waals surface area (Å²) in [6, 6.07) is 21.3. The second kappa shape index (κ2) is 7.53. The minimum Gasteiger partial charge on any atom is -0.469 e. The van der Waals surface area contributed by atoms with Gasteiger partial charge in [-0.3, -0.25) is 19.4 Å². The molecule has 34 heavy (non-hydrogen) atoms. The number of likely N-dealkylation sites (N-methyl/N-ethyl adjacent to an activating group) is 2. The summed E-state index contributed by atoms with van der Waals surface area (Å²) in [4.78, 5) is 34.2. The van der Waals surface area contributed by atoms with Crippen molar-refractivity contribution in [3.63, 3.8) is 0 Å². The van der Waals surface area contributed by atoms with E-state index in [0.717, 1.165) is 16.8 Å². The largest absolute Gasteiger partial charge is 0.469 e. The Morgan fingerprint density at radius 2 is 1.74 bits per heavy atom. The van der Waals surface area contributed by atoms with Gasteiger partial charge in [-0.1, -0.05) is 72.5 Å². The van der Waals surface area contributed by atoms with Gasteiger partial charge in [0.05, 0.1) is 18.7 Å². The summed E-state index contributed by atoms with van der Waals surface area (Å²) in [5.41, 5.74) is 1.44. The monoisotopic (exact) mass is 489 g/mol. The van der Waals surface area contributed by atoms with Crippen molar-refractivity contribution in [3.05, 3.63) is 89.9 Å². The van der Waals surface area contributed by atoms with Gasteiger partial charge in [0, 0.05) is 24.8 Å². The molecule has 1 aromatic heterocycles. The first-order valence-electron chi connectivity index (χ1n) is 11.1. The van der Waals surface area contributed by atoms with Crippen LogP contribution < -0.4 is 4.90 Å². The third kappa shape index (κ3) is 2.53. The first-order valence-corrected chi connectivity index (χ1v) is 12.4. The van der Waals surface area contributed by atoms with Crippen LogP contribution in [0.2, 0.25) is 0 Å². The van der Waals surface area contributed by atoms with Gasteiger partial charge >= 0.3 is 0 Å². The molecule has 2 saturated heterocycles. The van der Waals surface area contributed by atoms with Crippen LogP contribution in [0.5, 0.6) is 0 Å². The number of nitrogens with zero attached hydrogens (tertiary/aromatic N) is 3. The van der Waals surface area contributed by atoms with E-state index in [1.54, 1.807) is 23.1 Å². The zero-order valence-electron chi connectivity index (χ0n) is 18.8. The standard InChI is InChI=1S/C26H23N3O3S2/c1-27-16-19(21-13-8-14-32-21)26(25(27)18-11-6-7-12-20(18)28(2)22(25)30)23(31)29(24(33)34-26)15-17-9-4-3-5-10-17/h3-14,19H,15-16H2,1-2H3/t19-,25-,26+/m0/s1. The first-order chi connectivity index (χ1) is 16.4. The number of furan rings is 1. The predicted octanol–water partition coefficient (Wildman–Crippen LogP) is 3.98. The highest BCUT2D eigenvalue weighted by Crippen LogP contribution is 2.66. The average Bonchev–Trinajstić information content (AvgIpc) is 3.57. The van der Waals surface area contributed by atoms with Gasteiger partial charge in [-0.05, 0) is 30.8 Å². The number of likely N-dealkylation sites (tertiary alicyclic amines) is 1. The van der Waals surface area contributed by atoms with Crippen LogP contribution >= 0.6 is 24.0 Å². The molecule has 3 aromatic rings. The highest BCUT2D eigenvalue weighted by atomic mass is 32.2. The van der Waals surface area contributed by atoms with Gasteiger partial charge in [-0.15, -0.1) is 0 Å². The van der Waals surface area contributed by atoms with E-state index in [-0.39, 0.29) is 17.7 Å². The summed E-state index contributed by atoms with van der Waals surface area (Å²) in [5, 5.41) is 0. The molecule has 0 radical (unpaired) electrons. The Kier molecular flexibility index (Phi) is 4.78. The fourth-order valence-corrected chi connectivity index (χ4v) is 8.10. The summed E-state index contributed by atoms with van der Waals surface area (Å²) < 4.78 is 5.16. The lowest BCUT2D eigenvalue weighted by Crippen LogP contribution is -2.62. The smallest absolute Gasteiger partial charge is 0.254 e. The van der Waals surface area contributed by atoms with Crippen LogP contribution in [0.15, 0.2) is 77.4 Å². The van der Waals surface area contributed by atoms with Gasteiger partial charge in [0.15, 0.2) is 5.54 Å². The van der Waals surface area contributed by atoms with Crippen LogP contribution in [-0.4, -0.2) is 51.3 Å². The summed E-state index contributed by atoms with van der Waals surface area (Å²) in [5.74, 6) is 0.0759. The SMILES string of the molecule is CN1C(=O)[C@]2(c3ccccc31)N(C)C[C@@H](c1ccco1)[C@]21SC(=S)N(Cc2ccccc2)C1=O. The van der Waals surface area contributed by atoms with Gasteiger partial charge in [0.25, 0.3) is 5.91 Å². The maximum Gasteiger partial charge on any atom is 0.254 e. The molecule has 2 amide bonds. The maximum absolute atomic E-state index is 14.6. The molecule has 6 nitrogen and oxygen atoms in total. The molecule has 172 valence electrons. The zero-order valence-corrected chi connectivity index (χ0v) is 20.4. The normalized spacial score (nSPS) is 28.6. The van der Waals surface area contributed by atoms with Crippen molar-refractivity contribution in [1.29, 1.82) is 0 Å². The van der Waals surface area contributed by atoms with E-state index in [1.807, 2.05) is 78.7 Å². The number of anilines is 1. The van der Waals surface area contributed by atoms with E-state index < -0.39 is 10.3 Å². The minimum atomic E-state index is -1.20. The number of fused-ring (bicyclic) bond motifs is 3. The number of benzene rings is 2. The van der Waals surface area contributed by atoms with Crippen molar-refractivity contribution >= 4 is 45.8 Å². The Morgan fingerprint density at radius 3 is 2.47 bits per heavy atom. The molecule has 3 aliphatic heterocycles. The number of thiocarbonyl (C=S) groups is 1. The highest BCUT2D eigenvalue weighted by molar-refractivity contribution is 8.25. The molecular weight excluding hydrogens is 466 g/mol. The molecule has 0 N–H and O–H groups in total. The molecule has 2 spiro atoms. The molecule has 0 saturated carbocycles. The lowest BCUT2D eigenvalue weighted by Gasteiger charge is -2.41. The molecule has 4 heterocycles. The third-order valence-corrected chi connectivity index (χ3v) is 9.37. The Hall–Kier alpha value is -2.94. The Morgan fingerprint density at radius 1 is 1.00 bits per heavy atom. The fraction of sp³-hybridized carbons (Fsp3) is 0.269. The molecule has 0 bridgehead atoms. The molecule has 3 aliphatic rings. The molecule has 3 atom stereocenters. The Labute approximate surface area is 207 Å². The zero-order chi connectivity index (χ0) is 23.7. The molecule has 2 fully saturated rings. The van der Waals surface area contributed by atoms with Crippen LogP contribution in [0.1, 0.15) is 22.8 Å². The number of hydrogen-bond acceptors (Lipinski definition) is 6. The van der Waals surface area contributed by atoms with Gasteiger partial charge in [-0.2, -0.15) is 0 Å². The van der Waals surface area contributed by atoms with Crippen LogP contribution in [0.3, 0.4) is 0 Å². The van der Waals surface area contributed by atoms with E-state index in [0.29, 0.717) is 23.2 Å². The van der Waals surface area contributed by atoms with Crippen molar-refractivity contribution in [3.8, 4) is 0 Å². The number of carbonyl (C=O) groups is 2. The summed E-state index contributed by atoms with van der Waals surface area (Å²) >= 11 is 7.17. The highest BCUT2D eigenvalue weighted by Gasteiger charge is 2.79. The van der Waals surface area contributed by atoms with Crippen molar-refractivity contribution < 1.29 is 14.0 Å².